The number of quaternary nitrogens is 1. The maximum atomic E-state index is 11.9. The lowest BCUT2D eigenvalue weighted by atomic mass is 10.0. The van der Waals surface area contributed by atoms with Gasteiger partial charge in [-0.2, -0.15) is 5.23 Å². The van der Waals surface area contributed by atoms with E-state index < -0.39 is 35.4 Å². The Bertz CT molecular complexity index is 632. The van der Waals surface area contributed by atoms with Gasteiger partial charge in [-0.05, 0) is 18.4 Å². The largest absolute Gasteiger partial charge is 0.595 e. The molecule has 3 atom stereocenters. The van der Waals surface area contributed by atoms with Crippen LogP contribution in [0.4, 0.5) is 10.5 Å². The maximum absolute atomic E-state index is 11.9. The molecule has 1 amide bonds. The van der Waals surface area contributed by atoms with Gasteiger partial charge in [0.25, 0.3) is 0 Å². The van der Waals surface area contributed by atoms with E-state index in [1.54, 1.807) is 13.8 Å². The molecule has 0 saturated carbocycles. The molecule has 0 spiro atoms. The van der Waals surface area contributed by atoms with E-state index in [0.29, 0.717) is 0 Å². The van der Waals surface area contributed by atoms with Crippen molar-refractivity contribution in [3.8, 4) is 0 Å². The van der Waals surface area contributed by atoms with Crippen molar-refractivity contribution in [3.63, 3.8) is 0 Å². The highest BCUT2D eigenvalue weighted by atomic mass is 16.8. The van der Waals surface area contributed by atoms with E-state index in [4.69, 9.17) is 15.1 Å². The molecule has 0 aromatic heterocycles. The molecule has 10 heteroatoms. The molecule has 0 aliphatic heterocycles. The van der Waals surface area contributed by atoms with Gasteiger partial charge in [-0.25, -0.2) is 19.6 Å². The summed E-state index contributed by atoms with van der Waals surface area (Å²) < 4.78 is 4.77. The first kappa shape index (κ1) is 20.4. The highest BCUT2D eigenvalue weighted by molar-refractivity contribution is 5.83. The van der Waals surface area contributed by atoms with Gasteiger partial charge in [0.05, 0.1) is 5.56 Å². The first-order valence-electron chi connectivity index (χ1n) is 7.38. The summed E-state index contributed by atoms with van der Waals surface area (Å²) in [5.74, 6) is -2.91. The smallest absolute Gasteiger partial charge is 0.409 e. The summed E-state index contributed by atoms with van der Waals surface area (Å²) in [6.07, 6.45) is -3.03. The summed E-state index contributed by atoms with van der Waals surface area (Å²) in [6.45, 7) is 3.51. The molecule has 0 heterocycles. The third-order valence-electron chi connectivity index (χ3n) is 3.22. The van der Waals surface area contributed by atoms with Crippen LogP contribution in [0, 0.1) is 11.1 Å². The number of benzene rings is 1. The second-order valence-electron chi connectivity index (χ2n) is 5.68. The van der Waals surface area contributed by atoms with E-state index in [0.717, 1.165) is 0 Å². The number of aliphatic carboxylic acids is 2. The zero-order valence-corrected chi connectivity index (χ0v) is 13.6. The van der Waals surface area contributed by atoms with Crippen LogP contribution in [-0.2, 0) is 14.3 Å². The van der Waals surface area contributed by atoms with Gasteiger partial charge in [-0.15, -0.1) is 0 Å². The Morgan fingerprint density at radius 1 is 1.20 bits per heavy atom. The van der Waals surface area contributed by atoms with E-state index >= 15 is 0 Å². The summed E-state index contributed by atoms with van der Waals surface area (Å²) in [5.41, 5.74) is -0.562. The van der Waals surface area contributed by atoms with E-state index in [9.17, 15) is 24.7 Å². The molecule has 0 saturated heterocycles. The van der Waals surface area contributed by atoms with Crippen LogP contribution in [0.5, 0.6) is 0 Å². The van der Waals surface area contributed by atoms with Crippen LogP contribution in [0.3, 0.4) is 0 Å². The Balaban J connectivity index is 2.97. The number of amides is 1. The number of rotatable bonds is 8. The number of nitrogens with one attached hydrogen (secondary N) is 2. The van der Waals surface area contributed by atoms with Crippen molar-refractivity contribution in [2.45, 2.75) is 32.4 Å². The van der Waals surface area contributed by atoms with Crippen molar-refractivity contribution in [3.05, 3.63) is 35.0 Å². The molecule has 1 aromatic carbocycles. The molecular weight excluding hydrogens is 336 g/mol. The van der Waals surface area contributed by atoms with E-state index in [2.05, 4.69) is 5.32 Å². The molecule has 0 aliphatic rings. The molecule has 1 aromatic rings. The van der Waals surface area contributed by atoms with Crippen molar-refractivity contribution < 1.29 is 39.8 Å². The van der Waals surface area contributed by atoms with E-state index in [1.165, 1.54) is 24.3 Å². The molecule has 1 rings (SSSR count). The molecule has 0 radical (unpaired) electrons. The van der Waals surface area contributed by atoms with Crippen LogP contribution in [0.1, 0.15) is 31.9 Å². The fourth-order valence-corrected chi connectivity index (χ4v) is 2.14. The predicted molar refractivity (Wildman–Crippen MR) is 83.1 cm³/mol. The molecule has 2 unspecified atom stereocenters. The summed E-state index contributed by atoms with van der Waals surface area (Å²) in [5, 5.41) is 39.4. The number of carbonyl (C=O) groups excluding carboxylic acids is 1. The maximum Gasteiger partial charge on any atom is 0.409 e. The van der Waals surface area contributed by atoms with E-state index in [-0.39, 0.29) is 23.6 Å². The van der Waals surface area contributed by atoms with Gasteiger partial charge in [-0.1, -0.05) is 26.0 Å². The van der Waals surface area contributed by atoms with Crippen molar-refractivity contribution in [2.24, 2.45) is 5.92 Å². The SMILES string of the molecule is CC(C)C[C@@H](NC(=O)OC(C(=O)O)c1ccccc1[NH+]([O-])O)C(=O)O. The zero-order valence-electron chi connectivity index (χ0n) is 13.6. The van der Waals surface area contributed by atoms with Gasteiger partial charge in [0.2, 0.25) is 6.10 Å². The number of hydrogen-bond acceptors (Lipinski definition) is 6. The Labute approximate surface area is 143 Å². The minimum absolute atomic E-state index is 0.0376. The quantitative estimate of drug-likeness (QED) is 0.419. The fraction of sp³-hybridized carbons (Fsp3) is 0.400. The van der Waals surface area contributed by atoms with Gasteiger partial charge in [-0.3, -0.25) is 0 Å². The monoisotopic (exact) mass is 356 g/mol. The van der Waals surface area contributed by atoms with E-state index in [1.807, 2.05) is 0 Å². The van der Waals surface area contributed by atoms with Gasteiger partial charge >= 0.3 is 18.0 Å². The molecule has 10 nitrogen and oxygen atoms in total. The van der Waals surface area contributed by atoms with Crippen LogP contribution >= 0.6 is 0 Å². The predicted octanol–water partition coefficient (Wildman–Crippen LogP) is 0.441. The van der Waals surface area contributed by atoms with Crippen LogP contribution < -0.4 is 10.5 Å². The topological polar surface area (TPSA) is 161 Å². The van der Waals surface area contributed by atoms with Crippen molar-refractivity contribution in [1.82, 2.24) is 5.32 Å². The highest BCUT2D eigenvalue weighted by Gasteiger charge is 2.31. The number of para-hydroxylation sites is 1. The summed E-state index contributed by atoms with van der Waals surface area (Å²) in [6, 6.07) is 3.93. The first-order chi connectivity index (χ1) is 11.6. The Hall–Kier alpha value is -2.69. The first-order valence-corrected chi connectivity index (χ1v) is 7.38. The Morgan fingerprint density at radius 3 is 2.28 bits per heavy atom. The van der Waals surface area contributed by atoms with Crippen molar-refractivity contribution >= 4 is 23.7 Å². The third-order valence-corrected chi connectivity index (χ3v) is 3.22. The standard InChI is InChI=1S/C15H20N2O8/c1-8(2)7-10(13(18)19)16-15(22)25-12(14(20)21)9-5-3-4-6-11(9)17(23)24/h3-6,8,10,12,17,23H,7H2,1-2H3,(H,16,22)(H,18,19)(H,20,21)/t10-,12?/m1/s1. The minimum Gasteiger partial charge on any atom is -0.595 e. The Morgan fingerprint density at radius 2 is 1.80 bits per heavy atom. The molecule has 5 N–H and O–H groups in total. The molecule has 0 fully saturated rings. The highest BCUT2D eigenvalue weighted by Crippen LogP contribution is 2.23. The van der Waals surface area contributed by atoms with Crippen molar-refractivity contribution in [2.75, 3.05) is 0 Å². The van der Waals surface area contributed by atoms with Crippen LogP contribution in [0.2, 0.25) is 0 Å². The lowest BCUT2D eigenvalue weighted by molar-refractivity contribution is -0.991. The summed E-state index contributed by atoms with van der Waals surface area (Å²) >= 11 is 0. The van der Waals surface area contributed by atoms with Crippen LogP contribution in [0.15, 0.2) is 24.3 Å². The van der Waals surface area contributed by atoms with Crippen molar-refractivity contribution in [1.29, 1.82) is 0 Å². The molecule has 0 aliphatic carbocycles. The number of alkyl carbamates (subject to hydrolysis) is 1. The fourth-order valence-electron chi connectivity index (χ4n) is 2.14. The number of hydrogen-bond donors (Lipinski definition) is 5. The third kappa shape index (κ3) is 6.03. The van der Waals surface area contributed by atoms with Gasteiger partial charge in [0.1, 0.15) is 6.04 Å². The lowest BCUT2D eigenvalue weighted by Gasteiger charge is -2.21. The number of carboxylic acids is 2. The second-order valence-corrected chi connectivity index (χ2v) is 5.68. The average Bonchev–Trinajstić information content (AvgIpc) is 2.51. The molecule has 138 valence electrons. The summed E-state index contributed by atoms with van der Waals surface area (Å²) in [4.78, 5) is 34.4. The summed E-state index contributed by atoms with van der Waals surface area (Å²) in [7, 11) is 0. The number of carboxylic acid groups (broad SMARTS) is 2. The van der Waals surface area contributed by atoms with Crippen LogP contribution in [0.25, 0.3) is 0 Å². The Kier molecular flexibility index (Phi) is 7.30. The number of carbonyl (C=O) groups is 3. The lowest BCUT2D eigenvalue weighted by Crippen LogP contribution is -2.99. The minimum atomic E-state index is -1.89. The normalized spacial score (nSPS) is 14.4. The number of ether oxygens (including phenoxy) is 1. The van der Waals surface area contributed by atoms with Gasteiger partial charge < -0.3 is 25.5 Å². The van der Waals surface area contributed by atoms with Gasteiger partial charge in [0.15, 0.2) is 5.69 Å². The second kappa shape index (κ2) is 8.97. The molecular formula is C15H20N2O8. The van der Waals surface area contributed by atoms with Crippen LogP contribution in [-0.4, -0.2) is 39.5 Å². The zero-order chi connectivity index (χ0) is 19.1. The molecule has 0 bridgehead atoms. The molecule has 25 heavy (non-hydrogen) atoms. The average molecular weight is 356 g/mol. The van der Waals surface area contributed by atoms with Gasteiger partial charge in [0, 0.05) is 6.07 Å².